The van der Waals surface area contributed by atoms with Crippen LogP contribution in [0.3, 0.4) is 0 Å². The molecular formula is C13H28N2. The van der Waals surface area contributed by atoms with Gasteiger partial charge < -0.3 is 10.6 Å². The van der Waals surface area contributed by atoms with Crippen molar-refractivity contribution in [1.82, 2.24) is 10.6 Å². The Morgan fingerprint density at radius 3 is 2.13 bits per heavy atom. The van der Waals surface area contributed by atoms with Crippen LogP contribution in [0.25, 0.3) is 0 Å². The van der Waals surface area contributed by atoms with Crippen LogP contribution in [0.4, 0.5) is 0 Å². The van der Waals surface area contributed by atoms with Crippen LogP contribution in [0.1, 0.15) is 47.5 Å². The largest absolute Gasteiger partial charge is 0.315 e. The fourth-order valence-corrected chi connectivity index (χ4v) is 1.98. The molecule has 0 aromatic carbocycles. The minimum atomic E-state index is 0.247. The molecule has 2 nitrogen and oxygen atoms in total. The molecule has 1 saturated carbocycles. The third-order valence-electron chi connectivity index (χ3n) is 3.55. The van der Waals surface area contributed by atoms with Crippen LogP contribution in [0.15, 0.2) is 0 Å². The standard InChI is InChI=1S/C13H28N2/c1-11(2)13(6-7-13)10-14-8-9-15-12(3,4)5/h11,14-15H,6-10H2,1-5H3. The summed E-state index contributed by atoms with van der Waals surface area (Å²) in [5.41, 5.74) is 0.888. The highest BCUT2D eigenvalue weighted by Gasteiger charge is 2.44. The lowest BCUT2D eigenvalue weighted by atomic mass is 9.92. The van der Waals surface area contributed by atoms with E-state index in [1.165, 1.54) is 19.4 Å². The molecule has 0 atom stereocenters. The summed E-state index contributed by atoms with van der Waals surface area (Å²) in [6.07, 6.45) is 2.84. The molecule has 0 aliphatic heterocycles. The molecule has 1 aliphatic carbocycles. The second kappa shape index (κ2) is 4.84. The summed E-state index contributed by atoms with van der Waals surface area (Å²) in [6.45, 7) is 14.7. The van der Waals surface area contributed by atoms with Gasteiger partial charge >= 0.3 is 0 Å². The van der Waals surface area contributed by atoms with Gasteiger partial charge in [0, 0.05) is 25.2 Å². The van der Waals surface area contributed by atoms with Crippen molar-refractivity contribution in [3.8, 4) is 0 Å². The van der Waals surface area contributed by atoms with Crippen molar-refractivity contribution in [2.75, 3.05) is 19.6 Å². The number of nitrogens with one attached hydrogen (secondary N) is 2. The van der Waals surface area contributed by atoms with Crippen molar-refractivity contribution in [2.45, 2.75) is 53.0 Å². The molecular weight excluding hydrogens is 184 g/mol. The van der Waals surface area contributed by atoms with Crippen molar-refractivity contribution < 1.29 is 0 Å². The summed E-state index contributed by atoms with van der Waals surface area (Å²) in [6, 6.07) is 0. The van der Waals surface area contributed by atoms with Gasteiger partial charge in [0.25, 0.3) is 0 Å². The van der Waals surface area contributed by atoms with Gasteiger partial charge in [-0.2, -0.15) is 0 Å². The average Bonchev–Trinajstić information content (AvgIpc) is 2.82. The molecule has 1 fully saturated rings. The molecule has 15 heavy (non-hydrogen) atoms. The van der Waals surface area contributed by atoms with E-state index >= 15 is 0 Å². The van der Waals surface area contributed by atoms with Gasteiger partial charge in [-0.3, -0.25) is 0 Å². The quantitative estimate of drug-likeness (QED) is 0.661. The lowest BCUT2D eigenvalue weighted by Crippen LogP contribution is -2.41. The Kier molecular flexibility index (Phi) is 4.19. The first-order chi connectivity index (χ1) is 6.86. The lowest BCUT2D eigenvalue weighted by Gasteiger charge is -2.23. The van der Waals surface area contributed by atoms with E-state index in [9.17, 15) is 0 Å². The highest BCUT2D eigenvalue weighted by molar-refractivity contribution is 4.97. The third kappa shape index (κ3) is 4.52. The molecule has 0 bridgehead atoms. The molecule has 2 heteroatoms. The van der Waals surface area contributed by atoms with Crippen LogP contribution < -0.4 is 10.6 Å². The summed E-state index contributed by atoms with van der Waals surface area (Å²) < 4.78 is 0. The molecule has 0 radical (unpaired) electrons. The molecule has 1 aliphatic rings. The highest BCUT2D eigenvalue weighted by Crippen LogP contribution is 2.51. The first-order valence-corrected chi connectivity index (χ1v) is 6.31. The first-order valence-electron chi connectivity index (χ1n) is 6.31. The lowest BCUT2D eigenvalue weighted by molar-refractivity contribution is 0.333. The second-order valence-electron chi connectivity index (χ2n) is 6.37. The molecule has 0 amide bonds. The molecule has 0 spiro atoms. The highest BCUT2D eigenvalue weighted by atomic mass is 15.0. The van der Waals surface area contributed by atoms with Crippen molar-refractivity contribution in [2.24, 2.45) is 11.3 Å². The normalized spacial score (nSPS) is 19.6. The maximum atomic E-state index is 3.58. The molecule has 0 aromatic rings. The molecule has 1 rings (SSSR count). The van der Waals surface area contributed by atoms with Gasteiger partial charge in [-0.05, 0) is 44.9 Å². The van der Waals surface area contributed by atoms with Crippen molar-refractivity contribution in [3.63, 3.8) is 0 Å². The van der Waals surface area contributed by atoms with Crippen molar-refractivity contribution in [1.29, 1.82) is 0 Å². The monoisotopic (exact) mass is 212 g/mol. The van der Waals surface area contributed by atoms with Crippen molar-refractivity contribution >= 4 is 0 Å². The Labute approximate surface area is 95.2 Å². The van der Waals surface area contributed by atoms with E-state index in [4.69, 9.17) is 0 Å². The van der Waals surface area contributed by atoms with Gasteiger partial charge in [0.2, 0.25) is 0 Å². The fraction of sp³-hybridized carbons (Fsp3) is 1.00. The minimum absolute atomic E-state index is 0.247. The summed E-state index contributed by atoms with van der Waals surface area (Å²) in [5.74, 6) is 0.834. The Bertz CT molecular complexity index is 187. The maximum Gasteiger partial charge on any atom is 0.00970 e. The van der Waals surface area contributed by atoms with Gasteiger partial charge in [0.1, 0.15) is 0 Å². The number of hydrogen-bond acceptors (Lipinski definition) is 2. The van der Waals surface area contributed by atoms with Gasteiger partial charge in [0.15, 0.2) is 0 Å². The Hall–Kier alpha value is -0.0800. The Balaban J connectivity index is 2.03. The Morgan fingerprint density at radius 2 is 1.73 bits per heavy atom. The van der Waals surface area contributed by atoms with Crippen molar-refractivity contribution in [3.05, 3.63) is 0 Å². The number of hydrogen-bond donors (Lipinski definition) is 2. The second-order valence-corrected chi connectivity index (χ2v) is 6.37. The van der Waals surface area contributed by atoms with Crippen LogP contribution in [-0.4, -0.2) is 25.2 Å². The zero-order valence-corrected chi connectivity index (χ0v) is 11.1. The van der Waals surface area contributed by atoms with E-state index in [0.29, 0.717) is 5.41 Å². The van der Waals surface area contributed by atoms with Gasteiger partial charge in [-0.25, -0.2) is 0 Å². The maximum absolute atomic E-state index is 3.58. The SMILES string of the molecule is CC(C)C1(CNCCNC(C)(C)C)CC1. The van der Waals surface area contributed by atoms with E-state index in [2.05, 4.69) is 45.3 Å². The van der Waals surface area contributed by atoms with Crippen LogP contribution in [0.5, 0.6) is 0 Å². The van der Waals surface area contributed by atoms with Crippen LogP contribution in [-0.2, 0) is 0 Å². The first kappa shape index (κ1) is 13.0. The third-order valence-corrected chi connectivity index (χ3v) is 3.55. The molecule has 0 unspecified atom stereocenters. The Morgan fingerprint density at radius 1 is 1.13 bits per heavy atom. The smallest absolute Gasteiger partial charge is 0.00970 e. The predicted molar refractivity (Wildman–Crippen MR) is 67.1 cm³/mol. The van der Waals surface area contributed by atoms with E-state index < -0.39 is 0 Å². The summed E-state index contributed by atoms with van der Waals surface area (Å²) in [5, 5.41) is 7.07. The summed E-state index contributed by atoms with van der Waals surface area (Å²) >= 11 is 0. The average molecular weight is 212 g/mol. The van der Waals surface area contributed by atoms with Gasteiger partial charge in [-0.15, -0.1) is 0 Å². The van der Waals surface area contributed by atoms with Gasteiger partial charge in [-0.1, -0.05) is 13.8 Å². The zero-order valence-electron chi connectivity index (χ0n) is 11.1. The van der Waals surface area contributed by atoms with Crippen LogP contribution in [0.2, 0.25) is 0 Å². The topological polar surface area (TPSA) is 24.1 Å². The fourth-order valence-electron chi connectivity index (χ4n) is 1.98. The van der Waals surface area contributed by atoms with Crippen LogP contribution >= 0.6 is 0 Å². The zero-order chi connectivity index (χ0) is 11.5. The van der Waals surface area contributed by atoms with E-state index in [0.717, 1.165) is 19.0 Å². The predicted octanol–water partition coefficient (Wildman–Crippen LogP) is 2.40. The van der Waals surface area contributed by atoms with E-state index in [1.54, 1.807) is 0 Å². The molecule has 0 saturated heterocycles. The van der Waals surface area contributed by atoms with E-state index in [1.807, 2.05) is 0 Å². The molecule has 0 heterocycles. The van der Waals surface area contributed by atoms with E-state index in [-0.39, 0.29) is 5.54 Å². The molecule has 90 valence electrons. The number of rotatable bonds is 6. The minimum Gasteiger partial charge on any atom is -0.315 e. The van der Waals surface area contributed by atoms with Gasteiger partial charge in [0.05, 0.1) is 0 Å². The molecule has 2 N–H and O–H groups in total. The van der Waals surface area contributed by atoms with Crippen LogP contribution in [0, 0.1) is 11.3 Å². The summed E-state index contributed by atoms with van der Waals surface area (Å²) in [7, 11) is 0. The molecule has 0 aromatic heterocycles. The summed E-state index contributed by atoms with van der Waals surface area (Å²) in [4.78, 5) is 0.